The number of aryl methyl sites for hydroxylation is 1. The van der Waals surface area contributed by atoms with Crippen molar-refractivity contribution < 1.29 is 14.7 Å². The average Bonchev–Trinajstić information content (AvgIpc) is 3.21. The van der Waals surface area contributed by atoms with Crippen LogP contribution in [0.25, 0.3) is 32.9 Å². The topological polar surface area (TPSA) is 83.4 Å². The second kappa shape index (κ2) is 7.81. The van der Waals surface area contributed by atoms with Gasteiger partial charge in [0.05, 0.1) is 16.6 Å². The fourth-order valence-electron chi connectivity index (χ4n) is 4.54. The van der Waals surface area contributed by atoms with E-state index in [9.17, 15) is 14.7 Å². The molecular weight excluding hydrogens is 449 g/mol. The van der Waals surface area contributed by atoms with Crippen LogP contribution in [0, 0.1) is 0 Å². The van der Waals surface area contributed by atoms with E-state index in [1.54, 1.807) is 30.3 Å². The summed E-state index contributed by atoms with van der Waals surface area (Å²) in [4.78, 5) is 25.8. The smallest absolute Gasteiger partial charge is 0.259 e. The number of amides is 2. The molecule has 0 atom stereocenters. The zero-order valence-corrected chi connectivity index (χ0v) is 18.6. The first-order chi connectivity index (χ1) is 15.4. The summed E-state index contributed by atoms with van der Waals surface area (Å²) < 4.78 is 2.10. The first-order valence-electron chi connectivity index (χ1n) is 10.2. The molecule has 3 aromatic carbocycles. The first-order valence-corrected chi connectivity index (χ1v) is 10.9. The zero-order chi connectivity index (χ0) is 22.6. The SMILES string of the molecule is CNCCCn1c2ccc(O)cc2c2c3c(c(-c4c(Cl)cccc4Cl)cc21)C(=O)NC3=O. The van der Waals surface area contributed by atoms with Crippen LogP contribution in [0.15, 0.2) is 42.5 Å². The Bertz CT molecular complexity index is 1420. The van der Waals surface area contributed by atoms with Crippen LogP contribution in [0.3, 0.4) is 0 Å². The largest absolute Gasteiger partial charge is 0.508 e. The summed E-state index contributed by atoms with van der Waals surface area (Å²) in [6.07, 6.45) is 0.848. The van der Waals surface area contributed by atoms with E-state index in [4.69, 9.17) is 23.2 Å². The molecule has 0 bridgehead atoms. The van der Waals surface area contributed by atoms with Gasteiger partial charge in [0.15, 0.2) is 0 Å². The van der Waals surface area contributed by atoms with Crippen molar-refractivity contribution in [2.24, 2.45) is 0 Å². The normalized spacial score (nSPS) is 13.2. The van der Waals surface area contributed by atoms with E-state index in [-0.39, 0.29) is 16.9 Å². The summed E-state index contributed by atoms with van der Waals surface area (Å²) >= 11 is 13.0. The number of phenols is 1. The van der Waals surface area contributed by atoms with Crippen LogP contribution in [-0.2, 0) is 6.54 Å². The number of imide groups is 1. The molecule has 0 fully saturated rings. The van der Waals surface area contributed by atoms with Gasteiger partial charge < -0.3 is 15.0 Å². The van der Waals surface area contributed by atoms with Crippen molar-refractivity contribution in [3.63, 3.8) is 0 Å². The number of hydrogen-bond donors (Lipinski definition) is 3. The van der Waals surface area contributed by atoms with E-state index in [1.165, 1.54) is 0 Å². The van der Waals surface area contributed by atoms with Crippen molar-refractivity contribution in [2.75, 3.05) is 13.6 Å². The summed E-state index contributed by atoms with van der Waals surface area (Å²) in [5.41, 5.74) is 3.18. The van der Waals surface area contributed by atoms with Gasteiger partial charge in [0.1, 0.15) is 5.75 Å². The van der Waals surface area contributed by atoms with E-state index in [2.05, 4.69) is 15.2 Å². The third-order valence-corrected chi connectivity index (χ3v) is 6.49. The maximum absolute atomic E-state index is 13.0. The lowest BCUT2D eigenvalue weighted by atomic mass is 9.92. The third-order valence-electron chi connectivity index (χ3n) is 5.86. The maximum Gasteiger partial charge on any atom is 0.259 e. The minimum absolute atomic E-state index is 0.0866. The summed E-state index contributed by atoms with van der Waals surface area (Å²) in [5, 5.41) is 17.8. The van der Waals surface area contributed by atoms with E-state index >= 15 is 0 Å². The van der Waals surface area contributed by atoms with Gasteiger partial charge in [-0.2, -0.15) is 0 Å². The highest BCUT2D eigenvalue weighted by Gasteiger charge is 2.35. The number of nitrogens with one attached hydrogen (secondary N) is 2. The highest BCUT2D eigenvalue weighted by Crippen LogP contribution is 2.44. The molecule has 0 unspecified atom stereocenters. The fourth-order valence-corrected chi connectivity index (χ4v) is 5.14. The molecule has 0 radical (unpaired) electrons. The van der Waals surface area contributed by atoms with Gasteiger partial charge in [-0.05, 0) is 56.4 Å². The summed E-state index contributed by atoms with van der Waals surface area (Å²) in [6, 6.07) is 12.1. The number of nitrogens with zero attached hydrogens (tertiary/aromatic N) is 1. The van der Waals surface area contributed by atoms with E-state index in [1.807, 2.05) is 19.2 Å². The lowest BCUT2D eigenvalue weighted by molar-refractivity contribution is 0.0880. The van der Waals surface area contributed by atoms with Gasteiger partial charge in [0.2, 0.25) is 0 Å². The minimum Gasteiger partial charge on any atom is -0.508 e. The van der Waals surface area contributed by atoms with Crippen LogP contribution in [0.1, 0.15) is 27.1 Å². The molecule has 2 amide bonds. The van der Waals surface area contributed by atoms with Crippen LogP contribution in [-0.4, -0.2) is 35.1 Å². The lowest BCUT2D eigenvalue weighted by Gasteiger charge is -2.13. The Labute approximate surface area is 193 Å². The monoisotopic (exact) mass is 467 g/mol. The van der Waals surface area contributed by atoms with E-state index < -0.39 is 11.8 Å². The Morgan fingerprint density at radius 1 is 0.969 bits per heavy atom. The lowest BCUT2D eigenvalue weighted by Crippen LogP contribution is -2.20. The number of carbonyl (C=O) groups excluding carboxylic acids is 2. The van der Waals surface area contributed by atoms with Crippen LogP contribution in [0.2, 0.25) is 10.0 Å². The average molecular weight is 468 g/mol. The predicted molar refractivity (Wildman–Crippen MR) is 127 cm³/mol. The number of aromatic nitrogens is 1. The third kappa shape index (κ3) is 3.06. The van der Waals surface area contributed by atoms with Crippen molar-refractivity contribution in [3.8, 4) is 16.9 Å². The zero-order valence-electron chi connectivity index (χ0n) is 17.1. The molecule has 0 saturated carbocycles. The van der Waals surface area contributed by atoms with Gasteiger partial charge in [-0.15, -0.1) is 0 Å². The van der Waals surface area contributed by atoms with Gasteiger partial charge in [-0.1, -0.05) is 29.3 Å². The standard InChI is InChI=1S/C24H19Cl2N3O3/c1-27-8-3-9-29-17-7-6-12(30)10-13(17)20-18(29)11-14(19-15(25)4-2-5-16(19)26)21-22(20)24(32)28-23(21)31/h2,4-7,10-11,27,30H,3,8-9H2,1H3,(H,28,31,32). The molecule has 0 aliphatic carbocycles. The van der Waals surface area contributed by atoms with Gasteiger partial charge in [-0.25, -0.2) is 0 Å². The molecule has 0 spiro atoms. The second-order valence-corrected chi connectivity index (χ2v) is 8.57. The predicted octanol–water partition coefficient (Wildman–Crippen LogP) is 4.97. The Balaban J connectivity index is 1.95. The molecule has 2 heterocycles. The molecule has 1 aliphatic rings. The molecule has 162 valence electrons. The van der Waals surface area contributed by atoms with Crippen molar-refractivity contribution >= 4 is 56.8 Å². The molecule has 0 saturated heterocycles. The number of phenolic OH excluding ortho intramolecular Hbond substituents is 1. The molecule has 32 heavy (non-hydrogen) atoms. The van der Waals surface area contributed by atoms with Crippen molar-refractivity contribution in [1.29, 1.82) is 0 Å². The Hall–Kier alpha value is -3.06. The highest BCUT2D eigenvalue weighted by atomic mass is 35.5. The summed E-state index contributed by atoms with van der Waals surface area (Å²) in [7, 11) is 1.89. The molecule has 1 aromatic heterocycles. The minimum atomic E-state index is -0.492. The fraction of sp³-hybridized carbons (Fsp3) is 0.167. The molecule has 1 aliphatic heterocycles. The van der Waals surface area contributed by atoms with Gasteiger partial charge in [0.25, 0.3) is 11.8 Å². The van der Waals surface area contributed by atoms with Gasteiger partial charge in [-0.3, -0.25) is 14.9 Å². The quantitative estimate of drug-likeness (QED) is 0.286. The number of aromatic hydroxyl groups is 1. The Morgan fingerprint density at radius 3 is 2.41 bits per heavy atom. The van der Waals surface area contributed by atoms with Crippen LogP contribution >= 0.6 is 23.2 Å². The van der Waals surface area contributed by atoms with Gasteiger partial charge in [0, 0.05) is 44.0 Å². The molecule has 3 N–H and O–H groups in total. The maximum atomic E-state index is 13.0. The molecular formula is C24H19Cl2N3O3. The number of carbonyl (C=O) groups is 2. The first kappa shape index (κ1) is 20.8. The van der Waals surface area contributed by atoms with Crippen LogP contribution in [0.4, 0.5) is 0 Å². The van der Waals surface area contributed by atoms with E-state index in [0.29, 0.717) is 38.5 Å². The number of fused-ring (bicyclic) bond motifs is 5. The van der Waals surface area contributed by atoms with Gasteiger partial charge >= 0.3 is 0 Å². The molecule has 8 heteroatoms. The number of rotatable bonds is 5. The molecule has 6 nitrogen and oxygen atoms in total. The number of benzene rings is 3. The Kier molecular flexibility index (Phi) is 5.08. The number of hydrogen-bond acceptors (Lipinski definition) is 4. The number of halogens is 2. The van der Waals surface area contributed by atoms with E-state index in [0.717, 1.165) is 24.0 Å². The highest BCUT2D eigenvalue weighted by molar-refractivity contribution is 6.41. The van der Waals surface area contributed by atoms with Crippen molar-refractivity contribution in [2.45, 2.75) is 13.0 Å². The van der Waals surface area contributed by atoms with Crippen LogP contribution in [0.5, 0.6) is 5.75 Å². The van der Waals surface area contributed by atoms with Crippen LogP contribution < -0.4 is 10.6 Å². The molecule has 5 rings (SSSR count). The summed E-state index contributed by atoms with van der Waals surface area (Å²) in [6.45, 7) is 1.49. The second-order valence-electron chi connectivity index (χ2n) is 7.76. The van der Waals surface area contributed by atoms with Crippen molar-refractivity contribution in [1.82, 2.24) is 15.2 Å². The Morgan fingerprint density at radius 2 is 1.69 bits per heavy atom. The van der Waals surface area contributed by atoms with Crippen molar-refractivity contribution in [3.05, 3.63) is 63.6 Å². The molecule has 4 aromatic rings. The summed E-state index contributed by atoms with van der Waals surface area (Å²) in [5.74, 6) is -0.879.